The lowest BCUT2D eigenvalue weighted by Gasteiger charge is -2.24. The van der Waals surface area contributed by atoms with Crippen molar-refractivity contribution < 1.29 is 4.79 Å². The molecule has 2 unspecified atom stereocenters. The quantitative estimate of drug-likeness (QED) is 0.848. The van der Waals surface area contributed by atoms with Gasteiger partial charge in [0.25, 0.3) is 0 Å². The SMILES string of the molecule is CCC1NC(C(C)C)C(=O)N1CC1C(C)(C)C1(C)C. The molecule has 0 aromatic heterocycles. The molecule has 1 aliphatic carbocycles. The molecule has 2 fully saturated rings. The number of hydrogen-bond donors (Lipinski definition) is 1. The first-order valence-corrected chi connectivity index (χ1v) is 7.71. The third-order valence-electron chi connectivity index (χ3n) is 6.05. The molecule has 1 saturated heterocycles. The summed E-state index contributed by atoms with van der Waals surface area (Å²) < 4.78 is 0. The van der Waals surface area contributed by atoms with Crippen molar-refractivity contribution in [2.24, 2.45) is 22.7 Å². The van der Waals surface area contributed by atoms with Crippen LogP contribution in [0.25, 0.3) is 0 Å². The summed E-state index contributed by atoms with van der Waals surface area (Å²) in [5.74, 6) is 1.29. The third-order valence-corrected chi connectivity index (χ3v) is 6.05. The highest BCUT2D eigenvalue weighted by molar-refractivity contribution is 5.84. The lowest BCUT2D eigenvalue weighted by atomic mass is 10.0. The van der Waals surface area contributed by atoms with Crippen LogP contribution in [0.4, 0.5) is 0 Å². The first-order chi connectivity index (χ1) is 8.64. The second-order valence-electron chi connectivity index (χ2n) is 7.80. The summed E-state index contributed by atoms with van der Waals surface area (Å²) in [7, 11) is 0. The Labute approximate surface area is 118 Å². The Bertz CT molecular complexity index is 359. The zero-order chi connectivity index (χ0) is 14.6. The second-order valence-corrected chi connectivity index (χ2v) is 7.80. The Morgan fingerprint density at radius 3 is 2.11 bits per heavy atom. The number of hydrogen-bond acceptors (Lipinski definition) is 2. The van der Waals surface area contributed by atoms with E-state index in [-0.39, 0.29) is 12.2 Å². The number of nitrogens with zero attached hydrogens (tertiary/aromatic N) is 1. The predicted octanol–water partition coefficient (Wildman–Crippen LogP) is 2.86. The van der Waals surface area contributed by atoms with Crippen molar-refractivity contribution in [3.63, 3.8) is 0 Å². The molecule has 1 amide bonds. The number of carbonyl (C=O) groups excluding carboxylic acids is 1. The van der Waals surface area contributed by atoms with E-state index in [4.69, 9.17) is 0 Å². The Morgan fingerprint density at radius 1 is 1.21 bits per heavy atom. The van der Waals surface area contributed by atoms with Crippen LogP contribution in [0.3, 0.4) is 0 Å². The van der Waals surface area contributed by atoms with Crippen LogP contribution in [0.1, 0.15) is 54.9 Å². The average Bonchev–Trinajstić information content (AvgIpc) is 2.58. The Kier molecular flexibility index (Phi) is 3.49. The lowest BCUT2D eigenvalue weighted by molar-refractivity contribution is -0.131. The van der Waals surface area contributed by atoms with E-state index in [0.29, 0.717) is 28.6 Å². The van der Waals surface area contributed by atoms with Crippen LogP contribution >= 0.6 is 0 Å². The molecule has 1 saturated carbocycles. The smallest absolute Gasteiger partial charge is 0.241 e. The van der Waals surface area contributed by atoms with Gasteiger partial charge >= 0.3 is 0 Å². The maximum absolute atomic E-state index is 12.6. The summed E-state index contributed by atoms with van der Waals surface area (Å²) in [5.41, 5.74) is 0.697. The van der Waals surface area contributed by atoms with Gasteiger partial charge in [-0.15, -0.1) is 0 Å². The zero-order valence-corrected chi connectivity index (χ0v) is 13.6. The lowest BCUT2D eigenvalue weighted by Crippen LogP contribution is -2.38. The van der Waals surface area contributed by atoms with Gasteiger partial charge in [-0.3, -0.25) is 10.1 Å². The standard InChI is InChI=1S/C16H30N2O/c1-8-12-17-13(10(2)3)14(19)18(12)9-11-15(4,5)16(11,6)7/h10-13,17H,8-9H2,1-7H3. The van der Waals surface area contributed by atoms with Crippen LogP contribution < -0.4 is 5.32 Å². The van der Waals surface area contributed by atoms with Crippen molar-refractivity contribution in [2.75, 3.05) is 6.54 Å². The van der Waals surface area contributed by atoms with E-state index in [0.717, 1.165) is 13.0 Å². The van der Waals surface area contributed by atoms with Gasteiger partial charge in [-0.1, -0.05) is 48.5 Å². The fraction of sp³-hybridized carbons (Fsp3) is 0.938. The second kappa shape index (κ2) is 4.47. The van der Waals surface area contributed by atoms with Gasteiger partial charge in [0.05, 0.1) is 12.2 Å². The van der Waals surface area contributed by atoms with Crippen LogP contribution in [0, 0.1) is 22.7 Å². The number of carbonyl (C=O) groups is 1. The van der Waals surface area contributed by atoms with Crippen LogP contribution in [-0.4, -0.2) is 29.6 Å². The van der Waals surface area contributed by atoms with Crippen LogP contribution in [0.2, 0.25) is 0 Å². The molecule has 2 atom stereocenters. The maximum Gasteiger partial charge on any atom is 0.241 e. The molecule has 0 spiro atoms. The fourth-order valence-corrected chi connectivity index (χ4v) is 3.72. The Balaban J connectivity index is 2.10. The van der Waals surface area contributed by atoms with Crippen LogP contribution in [0.15, 0.2) is 0 Å². The van der Waals surface area contributed by atoms with E-state index in [1.54, 1.807) is 0 Å². The van der Waals surface area contributed by atoms with Gasteiger partial charge in [0.15, 0.2) is 0 Å². The van der Waals surface area contributed by atoms with Crippen molar-refractivity contribution in [3.05, 3.63) is 0 Å². The predicted molar refractivity (Wildman–Crippen MR) is 78.6 cm³/mol. The van der Waals surface area contributed by atoms with Gasteiger partial charge < -0.3 is 4.90 Å². The van der Waals surface area contributed by atoms with Crippen molar-refractivity contribution in [2.45, 2.75) is 67.1 Å². The maximum atomic E-state index is 12.6. The van der Waals surface area contributed by atoms with Crippen LogP contribution in [-0.2, 0) is 4.79 Å². The monoisotopic (exact) mass is 266 g/mol. The molecule has 1 heterocycles. The van der Waals surface area contributed by atoms with Crippen molar-refractivity contribution in [1.82, 2.24) is 10.2 Å². The van der Waals surface area contributed by atoms with Gasteiger partial charge in [0, 0.05) is 6.54 Å². The summed E-state index contributed by atoms with van der Waals surface area (Å²) in [6.07, 6.45) is 1.22. The molecule has 110 valence electrons. The number of amides is 1. The fourth-order valence-electron chi connectivity index (χ4n) is 3.72. The van der Waals surface area contributed by atoms with Gasteiger partial charge in [-0.2, -0.15) is 0 Å². The van der Waals surface area contributed by atoms with E-state index in [1.165, 1.54) is 0 Å². The molecular formula is C16H30N2O. The molecule has 3 heteroatoms. The minimum atomic E-state index is 0.00919. The summed E-state index contributed by atoms with van der Waals surface area (Å²) in [6, 6.07) is 0.00919. The van der Waals surface area contributed by atoms with Gasteiger partial charge in [0.1, 0.15) is 0 Å². The van der Waals surface area contributed by atoms with E-state index >= 15 is 0 Å². The Morgan fingerprint density at radius 2 is 1.74 bits per heavy atom. The summed E-state index contributed by atoms with van der Waals surface area (Å²) >= 11 is 0. The molecule has 1 N–H and O–H groups in total. The first-order valence-electron chi connectivity index (χ1n) is 7.71. The normalized spacial score (nSPS) is 33.3. The van der Waals surface area contributed by atoms with Gasteiger partial charge in [-0.05, 0) is 29.1 Å². The van der Waals surface area contributed by atoms with E-state index in [1.807, 2.05) is 0 Å². The molecule has 0 aromatic rings. The summed E-state index contributed by atoms with van der Waals surface area (Å²) in [5, 5.41) is 3.50. The highest BCUT2D eigenvalue weighted by atomic mass is 16.2. The van der Waals surface area contributed by atoms with Gasteiger partial charge in [0.2, 0.25) is 5.91 Å². The molecule has 0 aromatic carbocycles. The molecule has 2 aliphatic rings. The Hall–Kier alpha value is -0.570. The first kappa shape index (κ1) is 14.8. The molecule has 3 nitrogen and oxygen atoms in total. The highest BCUT2D eigenvalue weighted by Crippen LogP contribution is 2.68. The third kappa shape index (κ3) is 2.10. The molecule has 2 rings (SSSR count). The molecule has 0 bridgehead atoms. The topological polar surface area (TPSA) is 32.3 Å². The van der Waals surface area contributed by atoms with E-state index in [2.05, 4.69) is 58.7 Å². The summed E-state index contributed by atoms with van der Waals surface area (Å²) in [4.78, 5) is 14.7. The minimum absolute atomic E-state index is 0.00919. The molecule has 1 aliphatic heterocycles. The van der Waals surface area contributed by atoms with E-state index in [9.17, 15) is 4.79 Å². The van der Waals surface area contributed by atoms with Crippen molar-refractivity contribution >= 4 is 5.91 Å². The highest BCUT2D eigenvalue weighted by Gasteiger charge is 2.65. The molecule has 19 heavy (non-hydrogen) atoms. The average molecular weight is 266 g/mol. The minimum Gasteiger partial charge on any atom is -0.325 e. The number of nitrogens with one attached hydrogen (secondary N) is 1. The largest absolute Gasteiger partial charge is 0.325 e. The zero-order valence-electron chi connectivity index (χ0n) is 13.6. The van der Waals surface area contributed by atoms with Crippen LogP contribution in [0.5, 0.6) is 0 Å². The number of rotatable bonds is 4. The summed E-state index contributed by atoms with van der Waals surface area (Å²) in [6.45, 7) is 16.6. The van der Waals surface area contributed by atoms with E-state index < -0.39 is 0 Å². The molecule has 0 radical (unpaired) electrons. The van der Waals surface area contributed by atoms with Crippen molar-refractivity contribution in [1.29, 1.82) is 0 Å². The molecular weight excluding hydrogens is 236 g/mol. The van der Waals surface area contributed by atoms with Gasteiger partial charge in [-0.25, -0.2) is 0 Å². The van der Waals surface area contributed by atoms with Crippen molar-refractivity contribution in [3.8, 4) is 0 Å².